The Morgan fingerprint density at radius 1 is 1.09 bits per heavy atom. The Bertz CT molecular complexity index is 989. The maximum atomic E-state index is 12.9. The molecule has 3 aromatic rings. The van der Waals surface area contributed by atoms with Crippen LogP contribution in [0.5, 0.6) is 0 Å². The molecule has 1 aliphatic rings. The molecule has 0 unspecified atom stereocenters. The van der Waals surface area contributed by atoms with Crippen LogP contribution in [-0.2, 0) is 13.2 Å². The average Bonchev–Trinajstić information content (AvgIpc) is 3.41. The van der Waals surface area contributed by atoms with Gasteiger partial charge in [-0.05, 0) is 0 Å². The van der Waals surface area contributed by atoms with E-state index in [2.05, 4.69) is 20.4 Å². The molecule has 1 saturated carbocycles. The van der Waals surface area contributed by atoms with Crippen molar-refractivity contribution < 1.29 is 26.7 Å². The van der Waals surface area contributed by atoms with Gasteiger partial charge < -0.3 is 11.1 Å². The zero-order chi connectivity index (χ0) is 25.0. The molecule has 0 atom stereocenters. The summed E-state index contributed by atoms with van der Waals surface area (Å²) in [6.45, 7) is 0. The first-order chi connectivity index (χ1) is 15.8. The second kappa shape index (κ2) is 13.7. The molecule has 1 aliphatic carbocycles. The molecule has 0 spiro atoms. The number of carbonyl (C=O) groups excluding carboxylic acids is 1. The van der Waals surface area contributed by atoms with E-state index in [0.29, 0.717) is 19.2 Å². The van der Waals surface area contributed by atoms with Crippen LogP contribution in [0.3, 0.4) is 0 Å². The lowest BCUT2D eigenvalue weighted by atomic mass is 10.0. The molecule has 0 aliphatic heterocycles. The molecule has 184 valence electrons. The number of nitrogen functional groups attached to an aromatic ring is 1. The average molecular weight is 495 g/mol. The molecule has 3 N–H and O–H groups in total. The summed E-state index contributed by atoms with van der Waals surface area (Å²) in [5.74, 6) is -0.628. The molecular weight excluding hydrogens is 467 g/mol. The fourth-order valence-electron chi connectivity index (χ4n) is 3.02. The second-order valence-electron chi connectivity index (χ2n) is 6.74. The van der Waals surface area contributed by atoms with E-state index in [0.717, 1.165) is 22.2 Å². The Morgan fingerprint density at radius 3 is 2.15 bits per heavy atom. The van der Waals surface area contributed by atoms with Gasteiger partial charge in [0.1, 0.15) is 16.2 Å². The largest absolute Gasteiger partial charge is 0.437 e. The minimum absolute atomic E-state index is 0.0989. The van der Waals surface area contributed by atoms with Crippen LogP contribution < -0.4 is 11.1 Å². The number of aryl methyl sites for hydroxylation is 1. The highest BCUT2D eigenvalue weighted by Gasteiger charge is 2.37. The van der Waals surface area contributed by atoms with Gasteiger partial charge in [-0.1, -0.05) is 38.5 Å². The molecule has 0 aromatic carbocycles. The van der Waals surface area contributed by atoms with Gasteiger partial charge in [-0.25, -0.2) is 9.97 Å². The van der Waals surface area contributed by atoms with Gasteiger partial charge >= 0.3 is 6.18 Å². The zero-order valence-corrected chi connectivity index (χ0v) is 19.4. The van der Waals surface area contributed by atoms with Crippen molar-refractivity contribution in [1.29, 1.82) is 0 Å². The number of rotatable bonds is 2. The van der Waals surface area contributed by atoms with Crippen molar-refractivity contribution in [3.8, 4) is 0 Å². The van der Waals surface area contributed by atoms with Crippen LogP contribution in [0.25, 0.3) is 10.3 Å². The summed E-state index contributed by atoms with van der Waals surface area (Å²) < 4.78 is 58.7. The number of hydrogen-bond acceptors (Lipinski definition) is 6. The predicted octanol–water partition coefficient (Wildman–Crippen LogP) is 5.79. The molecule has 4 rings (SSSR count). The van der Waals surface area contributed by atoms with Crippen LogP contribution >= 0.6 is 11.3 Å². The van der Waals surface area contributed by atoms with Crippen LogP contribution in [0, 0.1) is 0 Å². The number of hydrogen-bond donors (Lipinski definition) is 2. The molecule has 13 heteroatoms. The topological polar surface area (TPSA) is 98.7 Å². The third-order valence-electron chi connectivity index (χ3n) is 4.39. The van der Waals surface area contributed by atoms with E-state index in [9.17, 15) is 26.7 Å². The van der Waals surface area contributed by atoms with Crippen LogP contribution in [0.1, 0.15) is 54.6 Å². The number of anilines is 2. The third kappa shape index (κ3) is 8.22. The van der Waals surface area contributed by atoms with Crippen molar-refractivity contribution in [2.75, 3.05) is 25.4 Å². The molecule has 0 bridgehead atoms. The minimum Gasteiger partial charge on any atom is -0.382 e. The van der Waals surface area contributed by atoms with Crippen molar-refractivity contribution >= 4 is 39.1 Å². The molecule has 0 saturated heterocycles. The SMILES string of the molecule is C1CCCCC1.CF.CF.Cn1cc(NC(=O)c2csc3ncc(N)nc23)c(C(F)(F)F)n1. The van der Waals surface area contributed by atoms with Gasteiger partial charge in [-0.3, -0.25) is 18.3 Å². The normalized spacial score (nSPS) is 13.0. The van der Waals surface area contributed by atoms with E-state index in [1.807, 2.05) is 0 Å². The number of nitrogens with zero attached hydrogens (tertiary/aromatic N) is 4. The van der Waals surface area contributed by atoms with E-state index in [1.165, 1.54) is 57.1 Å². The Morgan fingerprint density at radius 2 is 1.64 bits per heavy atom. The van der Waals surface area contributed by atoms with Gasteiger partial charge in [-0.15, -0.1) is 11.3 Å². The molecule has 33 heavy (non-hydrogen) atoms. The van der Waals surface area contributed by atoms with E-state index in [-0.39, 0.29) is 16.9 Å². The Hall–Kier alpha value is -2.83. The smallest absolute Gasteiger partial charge is 0.382 e. The number of nitrogens with two attached hydrogens (primary N) is 1. The number of alkyl halides is 5. The van der Waals surface area contributed by atoms with Crippen molar-refractivity contribution in [2.24, 2.45) is 7.05 Å². The highest BCUT2D eigenvalue weighted by atomic mass is 32.1. The van der Waals surface area contributed by atoms with E-state index in [4.69, 9.17) is 5.73 Å². The number of thiophene rings is 1. The summed E-state index contributed by atoms with van der Waals surface area (Å²) in [6.07, 6.45) is 6.74. The Balaban J connectivity index is 0.000000460. The predicted molar refractivity (Wildman–Crippen MR) is 120 cm³/mol. The van der Waals surface area contributed by atoms with Gasteiger partial charge in [0.05, 0.1) is 31.8 Å². The molecule has 3 heterocycles. The summed E-state index contributed by atoms with van der Waals surface area (Å²) in [4.78, 5) is 20.7. The molecule has 1 amide bonds. The molecule has 1 fully saturated rings. The lowest BCUT2D eigenvalue weighted by Crippen LogP contribution is -2.16. The standard InChI is InChI=1S/C12H9F3N6OS.C6H12.2CH3F/c1-21-3-6(9(20-21)12(13,14)15)18-10(22)5-4-23-11-8(5)19-7(16)2-17-11;1-2-4-6-5-3-1;2*1-2/h2-4H,1H3,(H2,16,19)(H,18,22);1-6H2;2*1H3. The summed E-state index contributed by atoms with van der Waals surface area (Å²) in [7, 11) is 2.33. The number of carbonyl (C=O) groups is 1. The van der Waals surface area contributed by atoms with Gasteiger partial charge in [-0.2, -0.15) is 18.3 Å². The fraction of sp³-hybridized carbons (Fsp3) is 0.500. The van der Waals surface area contributed by atoms with Gasteiger partial charge in [0.2, 0.25) is 0 Å². The van der Waals surface area contributed by atoms with E-state index >= 15 is 0 Å². The van der Waals surface area contributed by atoms with Crippen molar-refractivity contribution in [3.05, 3.63) is 29.0 Å². The number of nitrogens with one attached hydrogen (secondary N) is 1. The summed E-state index contributed by atoms with van der Waals surface area (Å²) in [6, 6.07) is 0. The van der Waals surface area contributed by atoms with Crippen LogP contribution in [0.4, 0.5) is 33.5 Å². The lowest BCUT2D eigenvalue weighted by Gasteiger charge is -2.07. The molecular formula is C20H27F5N6OS. The highest BCUT2D eigenvalue weighted by molar-refractivity contribution is 7.17. The van der Waals surface area contributed by atoms with Crippen molar-refractivity contribution in [2.45, 2.75) is 44.7 Å². The highest BCUT2D eigenvalue weighted by Crippen LogP contribution is 2.34. The Kier molecular flexibility index (Phi) is 11.7. The van der Waals surface area contributed by atoms with Crippen LogP contribution in [0.15, 0.2) is 17.8 Å². The first kappa shape index (κ1) is 28.2. The maximum Gasteiger partial charge on any atom is 0.437 e. The van der Waals surface area contributed by atoms with Crippen LogP contribution in [-0.4, -0.2) is 40.0 Å². The lowest BCUT2D eigenvalue weighted by molar-refractivity contribution is -0.140. The van der Waals surface area contributed by atoms with E-state index in [1.54, 1.807) is 0 Å². The Labute approximate surface area is 192 Å². The van der Waals surface area contributed by atoms with E-state index < -0.39 is 23.5 Å². The first-order valence-corrected chi connectivity index (χ1v) is 10.8. The number of halogens is 5. The van der Waals surface area contributed by atoms with Crippen LogP contribution in [0.2, 0.25) is 0 Å². The number of aromatic nitrogens is 4. The van der Waals surface area contributed by atoms with Gasteiger partial charge in [0.25, 0.3) is 5.91 Å². The molecule has 3 aromatic heterocycles. The fourth-order valence-corrected chi connectivity index (χ4v) is 3.85. The zero-order valence-electron chi connectivity index (χ0n) is 18.5. The minimum atomic E-state index is -4.68. The summed E-state index contributed by atoms with van der Waals surface area (Å²) in [5.41, 5.74) is 4.27. The second-order valence-corrected chi connectivity index (χ2v) is 7.59. The monoisotopic (exact) mass is 494 g/mol. The van der Waals surface area contributed by atoms with Crippen molar-refractivity contribution in [3.63, 3.8) is 0 Å². The van der Waals surface area contributed by atoms with Gasteiger partial charge in [0.15, 0.2) is 5.69 Å². The van der Waals surface area contributed by atoms with Gasteiger partial charge in [0, 0.05) is 18.6 Å². The van der Waals surface area contributed by atoms with Crippen molar-refractivity contribution in [1.82, 2.24) is 19.7 Å². The molecule has 7 nitrogen and oxygen atoms in total. The third-order valence-corrected chi connectivity index (χ3v) is 5.27. The first-order valence-electron chi connectivity index (χ1n) is 9.93. The quantitative estimate of drug-likeness (QED) is 0.440. The number of amides is 1. The summed E-state index contributed by atoms with van der Waals surface area (Å²) in [5, 5.41) is 6.99. The summed E-state index contributed by atoms with van der Waals surface area (Å²) >= 11 is 1.14. The molecule has 0 radical (unpaired) electrons. The number of fused-ring (bicyclic) bond motifs is 1. The maximum absolute atomic E-state index is 12.9.